The van der Waals surface area contributed by atoms with Crippen molar-refractivity contribution in [3.63, 3.8) is 0 Å². The molecular formula is C19H23N. The molecular weight excluding hydrogens is 242 g/mol. The van der Waals surface area contributed by atoms with Gasteiger partial charge < -0.3 is 5.73 Å². The van der Waals surface area contributed by atoms with Gasteiger partial charge in [-0.2, -0.15) is 0 Å². The van der Waals surface area contributed by atoms with Gasteiger partial charge in [-0.05, 0) is 48.8 Å². The second-order valence-electron chi connectivity index (χ2n) is 6.35. The minimum atomic E-state index is -0.210. The van der Waals surface area contributed by atoms with Crippen molar-refractivity contribution in [2.75, 3.05) is 0 Å². The minimum Gasteiger partial charge on any atom is -0.321 e. The Hall–Kier alpha value is -1.60. The summed E-state index contributed by atoms with van der Waals surface area (Å²) < 4.78 is 0. The van der Waals surface area contributed by atoms with Gasteiger partial charge in [0.2, 0.25) is 0 Å². The molecule has 0 saturated heterocycles. The van der Waals surface area contributed by atoms with Crippen LogP contribution < -0.4 is 5.73 Å². The standard InChI is InChI=1S/C19H23N/c1-14-7-9-16(10-8-14)13-19(20)12-11-15(2)17-5-3-4-6-18(17)19/h3-10,15H,11-13,20H2,1-2H3. The molecule has 20 heavy (non-hydrogen) atoms. The Morgan fingerprint density at radius 3 is 2.55 bits per heavy atom. The Bertz CT molecular complexity index is 599. The van der Waals surface area contributed by atoms with Crippen molar-refractivity contribution >= 4 is 0 Å². The highest BCUT2D eigenvalue weighted by Gasteiger charge is 2.35. The first-order chi connectivity index (χ1) is 9.58. The largest absolute Gasteiger partial charge is 0.321 e. The second-order valence-corrected chi connectivity index (χ2v) is 6.35. The molecule has 3 rings (SSSR count). The van der Waals surface area contributed by atoms with Crippen LogP contribution in [0.5, 0.6) is 0 Å². The number of fused-ring (bicyclic) bond motifs is 1. The number of benzene rings is 2. The van der Waals surface area contributed by atoms with E-state index in [1.807, 2.05) is 0 Å². The molecule has 0 saturated carbocycles. The highest BCUT2D eigenvalue weighted by atomic mass is 14.8. The zero-order valence-corrected chi connectivity index (χ0v) is 12.4. The molecule has 0 fully saturated rings. The van der Waals surface area contributed by atoms with E-state index in [9.17, 15) is 0 Å². The molecule has 2 atom stereocenters. The lowest BCUT2D eigenvalue weighted by Gasteiger charge is -2.38. The Labute approximate surface area is 121 Å². The average molecular weight is 265 g/mol. The van der Waals surface area contributed by atoms with E-state index in [0.717, 1.165) is 12.8 Å². The molecule has 0 spiro atoms. The SMILES string of the molecule is Cc1ccc(CC2(N)CCC(C)c3ccccc32)cc1. The van der Waals surface area contributed by atoms with Crippen molar-refractivity contribution in [3.05, 3.63) is 70.8 Å². The van der Waals surface area contributed by atoms with Crippen LogP contribution in [-0.2, 0) is 12.0 Å². The Balaban J connectivity index is 1.96. The third kappa shape index (κ3) is 2.38. The van der Waals surface area contributed by atoms with Crippen LogP contribution in [0.1, 0.15) is 47.9 Å². The average Bonchev–Trinajstić information content (AvgIpc) is 2.46. The maximum atomic E-state index is 6.80. The molecule has 1 heteroatoms. The summed E-state index contributed by atoms with van der Waals surface area (Å²) in [6.45, 7) is 4.43. The molecule has 0 amide bonds. The molecule has 1 aliphatic rings. The predicted molar refractivity (Wildman–Crippen MR) is 84.8 cm³/mol. The first kappa shape index (κ1) is 13.4. The molecule has 104 valence electrons. The fourth-order valence-electron chi connectivity index (χ4n) is 3.40. The lowest BCUT2D eigenvalue weighted by atomic mass is 9.70. The van der Waals surface area contributed by atoms with Gasteiger partial charge in [-0.1, -0.05) is 61.0 Å². The third-order valence-corrected chi connectivity index (χ3v) is 4.69. The van der Waals surface area contributed by atoms with Gasteiger partial charge in [0.05, 0.1) is 0 Å². The number of nitrogens with two attached hydrogens (primary N) is 1. The first-order valence-corrected chi connectivity index (χ1v) is 7.52. The fraction of sp³-hybridized carbons (Fsp3) is 0.368. The van der Waals surface area contributed by atoms with Gasteiger partial charge >= 0.3 is 0 Å². The van der Waals surface area contributed by atoms with Crippen molar-refractivity contribution < 1.29 is 0 Å². The van der Waals surface area contributed by atoms with Crippen molar-refractivity contribution in [1.29, 1.82) is 0 Å². The summed E-state index contributed by atoms with van der Waals surface area (Å²) in [4.78, 5) is 0. The van der Waals surface area contributed by atoms with Crippen LogP contribution in [0.3, 0.4) is 0 Å². The van der Waals surface area contributed by atoms with Crippen molar-refractivity contribution in [2.24, 2.45) is 5.73 Å². The molecule has 2 aromatic carbocycles. The Morgan fingerprint density at radius 1 is 1.10 bits per heavy atom. The zero-order chi connectivity index (χ0) is 14.2. The molecule has 1 aliphatic carbocycles. The molecule has 0 aliphatic heterocycles. The summed E-state index contributed by atoms with van der Waals surface area (Å²) >= 11 is 0. The normalized spacial score (nSPS) is 25.2. The van der Waals surface area contributed by atoms with E-state index < -0.39 is 0 Å². The topological polar surface area (TPSA) is 26.0 Å². The van der Waals surface area contributed by atoms with Gasteiger partial charge in [0.15, 0.2) is 0 Å². The fourth-order valence-corrected chi connectivity index (χ4v) is 3.40. The quantitative estimate of drug-likeness (QED) is 0.861. The summed E-state index contributed by atoms with van der Waals surface area (Å²) in [5.74, 6) is 0.626. The van der Waals surface area contributed by atoms with E-state index in [1.165, 1.54) is 28.7 Å². The van der Waals surface area contributed by atoms with E-state index in [-0.39, 0.29) is 5.54 Å². The lowest BCUT2D eigenvalue weighted by molar-refractivity contribution is 0.349. The van der Waals surface area contributed by atoms with E-state index >= 15 is 0 Å². The molecule has 0 heterocycles. The summed E-state index contributed by atoms with van der Waals surface area (Å²) in [5, 5.41) is 0. The summed E-state index contributed by atoms with van der Waals surface area (Å²) in [7, 11) is 0. The number of hydrogen-bond donors (Lipinski definition) is 1. The summed E-state index contributed by atoms with van der Waals surface area (Å²) in [6.07, 6.45) is 3.18. The molecule has 2 aromatic rings. The van der Waals surface area contributed by atoms with Crippen LogP contribution in [0.15, 0.2) is 48.5 Å². The number of rotatable bonds is 2. The van der Waals surface area contributed by atoms with Crippen LogP contribution in [0.2, 0.25) is 0 Å². The second kappa shape index (κ2) is 5.06. The molecule has 2 unspecified atom stereocenters. The summed E-state index contributed by atoms with van der Waals surface area (Å²) in [6, 6.07) is 17.5. The lowest BCUT2D eigenvalue weighted by Crippen LogP contribution is -2.42. The van der Waals surface area contributed by atoms with Gasteiger partial charge in [0.25, 0.3) is 0 Å². The molecule has 0 radical (unpaired) electrons. The van der Waals surface area contributed by atoms with Crippen molar-refractivity contribution in [3.8, 4) is 0 Å². The smallest absolute Gasteiger partial charge is 0.0453 e. The minimum absolute atomic E-state index is 0.210. The van der Waals surface area contributed by atoms with Crippen LogP contribution in [0.4, 0.5) is 0 Å². The van der Waals surface area contributed by atoms with Crippen LogP contribution in [-0.4, -0.2) is 0 Å². The zero-order valence-electron chi connectivity index (χ0n) is 12.4. The monoisotopic (exact) mass is 265 g/mol. The van der Waals surface area contributed by atoms with Gasteiger partial charge in [0, 0.05) is 5.54 Å². The van der Waals surface area contributed by atoms with E-state index in [1.54, 1.807) is 0 Å². The van der Waals surface area contributed by atoms with Crippen molar-refractivity contribution in [2.45, 2.75) is 44.6 Å². The highest BCUT2D eigenvalue weighted by Crippen LogP contribution is 2.41. The highest BCUT2D eigenvalue weighted by molar-refractivity contribution is 5.40. The van der Waals surface area contributed by atoms with Gasteiger partial charge in [-0.15, -0.1) is 0 Å². The summed E-state index contributed by atoms with van der Waals surface area (Å²) in [5.41, 5.74) is 12.0. The maximum absolute atomic E-state index is 6.80. The van der Waals surface area contributed by atoms with Crippen LogP contribution in [0, 0.1) is 6.92 Å². The van der Waals surface area contributed by atoms with Gasteiger partial charge in [0.1, 0.15) is 0 Å². The van der Waals surface area contributed by atoms with E-state index in [4.69, 9.17) is 5.73 Å². The van der Waals surface area contributed by atoms with Gasteiger partial charge in [-0.3, -0.25) is 0 Å². The predicted octanol–water partition coefficient (Wildman–Crippen LogP) is 4.29. The molecule has 0 aromatic heterocycles. The molecule has 1 nitrogen and oxygen atoms in total. The van der Waals surface area contributed by atoms with Gasteiger partial charge in [-0.25, -0.2) is 0 Å². The Kier molecular flexibility index (Phi) is 3.39. The molecule has 2 N–H and O–H groups in total. The number of hydrogen-bond acceptors (Lipinski definition) is 1. The Morgan fingerprint density at radius 2 is 1.80 bits per heavy atom. The van der Waals surface area contributed by atoms with E-state index in [2.05, 4.69) is 62.4 Å². The van der Waals surface area contributed by atoms with Crippen molar-refractivity contribution in [1.82, 2.24) is 0 Å². The van der Waals surface area contributed by atoms with Crippen LogP contribution in [0.25, 0.3) is 0 Å². The maximum Gasteiger partial charge on any atom is 0.0453 e. The number of aryl methyl sites for hydroxylation is 1. The third-order valence-electron chi connectivity index (χ3n) is 4.69. The first-order valence-electron chi connectivity index (χ1n) is 7.52. The van der Waals surface area contributed by atoms with E-state index in [0.29, 0.717) is 5.92 Å². The molecule has 0 bridgehead atoms. The van der Waals surface area contributed by atoms with Crippen LogP contribution >= 0.6 is 0 Å².